The van der Waals surface area contributed by atoms with Crippen molar-refractivity contribution in [3.8, 4) is 0 Å². The van der Waals surface area contributed by atoms with Crippen LogP contribution in [-0.4, -0.2) is 53.0 Å². The summed E-state index contributed by atoms with van der Waals surface area (Å²) in [4.78, 5) is 15.3. The average Bonchev–Trinajstić information content (AvgIpc) is 3.37. The van der Waals surface area contributed by atoms with Crippen LogP contribution in [0.2, 0.25) is 0 Å². The van der Waals surface area contributed by atoms with Crippen molar-refractivity contribution >= 4 is 6.03 Å². The van der Waals surface area contributed by atoms with E-state index in [9.17, 15) is 4.79 Å². The number of amides is 2. The summed E-state index contributed by atoms with van der Waals surface area (Å²) in [5, 5.41) is 10.7. The lowest BCUT2D eigenvalue weighted by Crippen LogP contribution is -2.54. The van der Waals surface area contributed by atoms with Crippen LogP contribution in [0.3, 0.4) is 0 Å². The Hall–Kier alpha value is -1.56. The van der Waals surface area contributed by atoms with Gasteiger partial charge in [0.25, 0.3) is 0 Å². The summed E-state index contributed by atoms with van der Waals surface area (Å²) in [6, 6.07) is 2.21. The van der Waals surface area contributed by atoms with Gasteiger partial charge >= 0.3 is 6.03 Å². The molecule has 0 aromatic carbocycles. The normalized spacial score (nSPS) is 29.9. The molecule has 0 unspecified atom stereocenters. The number of aromatic amines is 1. The zero-order valence-electron chi connectivity index (χ0n) is 20.2. The van der Waals surface area contributed by atoms with Gasteiger partial charge in [-0.05, 0) is 75.2 Å². The van der Waals surface area contributed by atoms with Gasteiger partial charge in [-0.3, -0.25) is 5.10 Å². The van der Waals surface area contributed by atoms with E-state index in [1.165, 1.54) is 44.9 Å². The van der Waals surface area contributed by atoms with Gasteiger partial charge in [-0.1, -0.05) is 33.1 Å². The van der Waals surface area contributed by atoms with E-state index in [1.54, 1.807) is 0 Å². The summed E-state index contributed by atoms with van der Waals surface area (Å²) in [6.07, 6.45) is 15.6. The van der Waals surface area contributed by atoms with Crippen molar-refractivity contribution in [2.45, 2.75) is 103 Å². The first-order chi connectivity index (χ1) is 15.6. The molecule has 2 saturated carbocycles. The van der Waals surface area contributed by atoms with E-state index in [0.717, 1.165) is 56.3 Å². The van der Waals surface area contributed by atoms with Crippen LogP contribution in [0, 0.1) is 17.8 Å². The molecule has 2 atom stereocenters. The van der Waals surface area contributed by atoms with Crippen LogP contribution in [0.25, 0.3) is 0 Å². The van der Waals surface area contributed by atoms with Crippen LogP contribution < -0.4 is 5.32 Å². The van der Waals surface area contributed by atoms with Crippen LogP contribution in [-0.2, 0) is 4.74 Å². The number of urea groups is 1. The van der Waals surface area contributed by atoms with E-state index in [0.29, 0.717) is 18.6 Å². The number of likely N-dealkylation sites (tertiary alicyclic amines) is 1. The largest absolute Gasteiger partial charge is 0.376 e. The van der Waals surface area contributed by atoms with Crippen molar-refractivity contribution in [3.05, 3.63) is 18.0 Å². The first-order valence-corrected chi connectivity index (χ1v) is 13.3. The van der Waals surface area contributed by atoms with Gasteiger partial charge in [-0.2, -0.15) is 5.10 Å². The number of ether oxygens (including phenoxy) is 1. The van der Waals surface area contributed by atoms with Crippen molar-refractivity contribution in [1.82, 2.24) is 20.4 Å². The molecule has 0 spiro atoms. The molecular weight excluding hydrogens is 400 g/mol. The average molecular weight is 445 g/mol. The molecule has 6 heteroatoms. The second-order valence-electron chi connectivity index (χ2n) is 10.8. The summed E-state index contributed by atoms with van der Waals surface area (Å²) < 4.78 is 6.49. The zero-order valence-corrected chi connectivity index (χ0v) is 20.2. The first-order valence-electron chi connectivity index (χ1n) is 13.3. The topological polar surface area (TPSA) is 70.2 Å². The highest BCUT2D eigenvalue weighted by Gasteiger charge is 2.37. The highest BCUT2D eigenvalue weighted by Crippen LogP contribution is 2.35. The van der Waals surface area contributed by atoms with Crippen LogP contribution >= 0.6 is 0 Å². The van der Waals surface area contributed by atoms with E-state index in [1.807, 2.05) is 6.20 Å². The maximum atomic E-state index is 13.3. The SMILES string of the molecule is CC(C)[C@H]1CC[C@@H](OC[C@H]2[C@@H](c3cc[nH]n3)CCCN2C(=O)NCC2CCCCC2)CC1. The predicted molar refractivity (Wildman–Crippen MR) is 128 cm³/mol. The molecule has 3 aliphatic rings. The Morgan fingerprint density at radius 3 is 2.59 bits per heavy atom. The molecule has 4 rings (SSSR count). The minimum atomic E-state index is 0.0567. The van der Waals surface area contributed by atoms with Gasteiger partial charge in [0.05, 0.1) is 24.4 Å². The number of piperidine rings is 1. The molecule has 1 aliphatic heterocycles. The minimum absolute atomic E-state index is 0.0567. The van der Waals surface area contributed by atoms with E-state index in [2.05, 4.69) is 40.3 Å². The highest BCUT2D eigenvalue weighted by molar-refractivity contribution is 5.74. The number of aromatic nitrogens is 2. The summed E-state index contributed by atoms with van der Waals surface area (Å²) >= 11 is 0. The highest BCUT2D eigenvalue weighted by atomic mass is 16.5. The second kappa shape index (κ2) is 11.5. The predicted octanol–water partition coefficient (Wildman–Crippen LogP) is 5.48. The number of H-pyrrole nitrogens is 1. The Balaban J connectivity index is 1.37. The number of hydrogen-bond donors (Lipinski definition) is 2. The number of rotatable bonds is 7. The van der Waals surface area contributed by atoms with Crippen LogP contribution in [0.1, 0.15) is 96.1 Å². The quantitative estimate of drug-likeness (QED) is 0.585. The molecule has 2 amide bonds. The Morgan fingerprint density at radius 1 is 1.12 bits per heavy atom. The van der Waals surface area contributed by atoms with E-state index in [4.69, 9.17) is 4.74 Å². The van der Waals surface area contributed by atoms with E-state index in [-0.39, 0.29) is 18.0 Å². The van der Waals surface area contributed by atoms with Gasteiger partial charge in [0, 0.05) is 25.2 Å². The maximum Gasteiger partial charge on any atom is 0.317 e. The standard InChI is InChI=1S/C26H44N4O2/c1-19(2)21-10-12-22(13-11-21)32-18-25-23(24-14-15-28-29-24)9-6-16-30(25)26(31)27-17-20-7-4-3-5-8-20/h14-15,19-23,25H,3-13,16-18H2,1-2H3,(H,27,31)(H,28,29)/t21-,22+,23-,25+/m1/s1. The summed E-state index contributed by atoms with van der Waals surface area (Å²) in [5.41, 5.74) is 1.06. The Kier molecular flexibility index (Phi) is 8.50. The van der Waals surface area contributed by atoms with Gasteiger partial charge in [0.2, 0.25) is 0 Å². The van der Waals surface area contributed by atoms with Crippen LogP contribution in [0.4, 0.5) is 4.79 Å². The molecular formula is C26H44N4O2. The van der Waals surface area contributed by atoms with Crippen LogP contribution in [0.15, 0.2) is 12.3 Å². The number of hydrogen-bond acceptors (Lipinski definition) is 3. The van der Waals surface area contributed by atoms with E-state index >= 15 is 0 Å². The fourth-order valence-electron chi connectivity index (χ4n) is 6.22. The number of nitrogens with zero attached hydrogens (tertiary/aromatic N) is 2. The van der Waals surface area contributed by atoms with Gasteiger partial charge in [0.15, 0.2) is 0 Å². The van der Waals surface area contributed by atoms with Gasteiger partial charge in [-0.15, -0.1) is 0 Å². The van der Waals surface area contributed by atoms with Crippen molar-refractivity contribution in [3.63, 3.8) is 0 Å². The molecule has 0 bridgehead atoms. The van der Waals surface area contributed by atoms with Crippen molar-refractivity contribution in [2.24, 2.45) is 17.8 Å². The van der Waals surface area contributed by atoms with Crippen LogP contribution in [0.5, 0.6) is 0 Å². The third-order valence-electron chi connectivity index (χ3n) is 8.37. The molecule has 32 heavy (non-hydrogen) atoms. The van der Waals surface area contributed by atoms with Crippen molar-refractivity contribution < 1.29 is 9.53 Å². The third kappa shape index (κ3) is 6.06. The lowest BCUT2D eigenvalue weighted by molar-refractivity contribution is -0.0239. The molecule has 1 saturated heterocycles. The van der Waals surface area contributed by atoms with Crippen molar-refractivity contribution in [2.75, 3.05) is 19.7 Å². The fourth-order valence-corrected chi connectivity index (χ4v) is 6.22. The second-order valence-corrected chi connectivity index (χ2v) is 10.8. The Bertz CT molecular complexity index is 678. The fraction of sp³-hybridized carbons (Fsp3) is 0.846. The molecule has 6 nitrogen and oxygen atoms in total. The molecule has 2 aliphatic carbocycles. The Labute approximate surface area is 194 Å². The lowest BCUT2D eigenvalue weighted by Gasteiger charge is -2.42. The smallest absolute Gasteiger partial charge is 0.317 e. The summed E-state index contributed by atoms with van der Waals surface area (Å²) in [7, 11) is 0. The Morgan fingerprint density at radius 2 is 1.91 bits per heavy atom. The van der Waals surface area contributed by atoms with E-state index < -0.39 is 0 Å². The van der Waals surface area contributed by atoms with Gasteiger partial charge in [-0.25, -0.2) is 4.79 Å². The van der Waals surface area contributed by atoms with Crippen molar-refractivity contribution in [1.29, 1.82) is 0 Å². The minimum Gasteiger partial charge on any atom is -0.376 e. The number of carbonyl (C=O) groups is 1. The summed E-state index contributed by atoms with van der Waals surface area (Å²) in [6.45, 7) is 6.92. The third-order valence-corrected chi connectivity index (χ3v) is 8.37. The summed E-state index contributed by atoms with van der Waals surface area (Å²) in [5.74, 6) is 2.48. The van der Waals surface area contributed by atoms with Gasteiger partial charge in [0.1, 0.15) is 0 Å². The molecule has 3 fully saturated rings. The lowest BCUT2D eigenvalue weighted by atomic mass is 9.80. The van der Waals surface area contributed by atoms with Gasteiger partial charge < -0.3 is 15.0 Å². The molecule has 180 valence electrons. The maximum absolute atomic E-state index is 13.3. The number of nitrogens with one attached hydrogen (secondary N) is 2. The molecule has 2 N–H and O–H groups in total. The number of carbonyl (C=O) groups excluding carboxylic acids is 1. The zero-order chi connectivity index (χ0) is 22.3. The molecule has 2 heterocycles. The monoisotopic (exact) mass is 444 g/mol. The molecule has 0 radical (unpaired) electrons. The molecule has 1 aromatic heterocycles. The first kappa shape index (κ1) is 23.6. The molecule has 1 aromatic rings.